The molecule has 212 valence electrons. The number of aromatic nitrogens is 4. The molecule has 11 heteroatoms. The van der Waals surface area contributed by atoms with Gasteiger partial charge in [-0.05, 0) is 60.0 Å². The average molecular weight is 572 g/mol. The van der Waals surface area contributed by atoms with Crippen LogP contribution in [0.1, 0.15) is 11.1 Å². The van der Waals surface area contributed by atoms with Crippen molar-refractivity contribution in [3.8, 4) is 17.0 Å². The zero-order valence-electron chi connectivity index (χ0n) is 23.5. The topological polar surface area (TPSA) is 123 Å². The molecule has 5 aromatic rings. The van der Waals surface area contributed by atoms with Gasteiger partial charge in [0.1, 0.15) is 21.1 Å². The zero-order chi connectivity index (χ0) is 29.0. The van der Waals surface area contributed by atoms with Crippen LogP contribution in [0.3, 0.4) is 0 Å². The van der Waals surface area contributed by atoms with Crippen molar-refractivity contribution in [2.24, 2.45) is 7.05 Å². The second kappa shape index (κ2) is 11.8. The third-order valence-corrected chi connectivity index (χ3v) is 7.73. The van der Waals surface area contributed by atoms with Crippen molar-refractivity contribution in [1.82, 2.24) is 19.5 Å². The molecule has 0 atom stereocenters. The normalized spacial score (nSPS) is 11.4. The van der Waals surface area contributed by atoms with Crippen LogP contribution in [0.5, 0.6) is 5.75 Å². The van der Waals surface area contributed by atoms with Crippen LogP contribution in [0.15, 0.2) is 72.9 Å². The summed E-state index contributed by atoms with van der Waals surface area (Å²) in [6.45, 7) is 0.611. The fraction of sp³-hybridized carbons (Fsp3) is 0.233. The van der Waals surface area contributed by atoms with Crippen molar-refractivity contribution in [2.45, 2.75) is 13.0 Å². The highest BCUT2D eigenvalue weighted by molar-refractivity contribution is 7.90. The lowest BCUT2D eigenvalue weighted by Crippen LogP contribution is -2.06. The molecular formula is C30H33N7O3S. The predicted molar refractivity (Wildman–Crippen MR) is 165 cm³/mol. The van der Waals surface area contributed by atoms with Crippen LogP contribution in [0.2, 0.25) is 0 Å². The number of hydrogen-bond acceptors (Lipinski definition) is 9. The SMILES string of the molecule is CNc1ccc2c(nc(NCc3ccc(OC)cc3)n2C)c1-c1ccnc(Nc2cccc(CCS(C)(=O)=O)c2)n1. The Morgan fingerprint density at radius 3 is 2.51 bits per heavy atom. The summed E-state index contributed by atoms with van der Waals surface area (Å²) >= 11 is 0. The zero-order valence-corrected chi connectivity index (χ0v) is 24.3. The van der Waals surface area contributed by atoms with Crippen LogP contribution >= 0.6 is 0 Å². The van der Waals surface area contributed by atoms with Crippen LogP contribution in [-0.4, -0.2) is 54.1 Å². The van der Waals surface area contributed by atoms with Crippen molar-refractivity contribution >= 4 is 44.1 Å². The molecule has 41 heavy (non-hydrogen) atoms. The maximum Gasteiger partial charge on any atom is 0.227 e. The minimum absolute atomic E-state index is 0.0975. The molecule has 0 bridgehead atoms. The molecule has 0 unspecified atom stereocenters. The van der Waals surface area contributed by atoms with E-state index in [9.17, 15) is 8.42 Å². The molecule has 0 saturated heterocycles. The number of fused-ring (bicyclic) bond motifs is 1. The van der Waals surface area contributed by atoms with Gasteiger partial charge in [-0.15, -0.1) is 0 Å². The summed E-state index contributed by atoms with van der Waals surface area (Å²) in [4.78, 5) is 14.2. The smallest absolute Gasteiger partial charge is 0.227 e. The molecule has 10 nitrogen and oxygen atoms in total. The summed E-state index contributed by atoms with van der Waals surface area (Å²) in [6, 6.07) is 21.5. The number of hydrogen-bond donors (Lipinski definition) is 3. The second-order valence-electron chi connectivity index (χ2n) is 9.77. The van der Waals surface area contributed by atoms with Crippen molar-refractivity contribution in [3.63, 3.8) is 0 Å². The first-order valence-corrected chi connectivity index (χ1v) is 15.2. The molecule has 0 radical (unpaired) electrons. The van der Waals surface area contributed by atoms with E-state index in [0.29, 0.717) is 24.6 Å². The summed E-state index contributed by atoms with van der Waals surface area (Å²) in [5.41, 5.74) is 7.05. The maximum absolute atomic E-state index is 11.6. The van der Waals surface area contributed by atoms with Crippen LogP contribution in [0, 0.1) is 0 Å². The molecule has 2 aromatic heterocycles. The predicted octanol–water partition coefficient (Wildman–Crippen LogP) is 5.02. The Bertz CT molecular complexity index is 1780. The molecule has 3 N–H and O–H groups in total. The molecule has 0 amide bonds. The van der Waals surface area contributed by atoms with Gasteiger partial charge in [0.05, 0.1) is 29.6 Å². The molecular weight excluding hydrogens is 538 g/mol. The Balaban J connectivity index is 1.43. The molecule has 3 aromatic carbocycles. The molecule has 0 spiro atoms. The molecule has 0 aliphatic carbocycles. The van der Waals surface area contributed by atoms with E-state index in [0.717, 1.165) is 50.8 Å². The lowest BCUT2D eigenvalue weighted by molar-refractivity contribution is 0.414. The standard InChI is InChI=1S/C30H33N7O3S/c1-31-24-12-13-26-28(36-30(37(26)2)33-19-21-8-10-23(40-3)11-9-21)27(24)25-14-16-32-29(35-25)34-22-7-5-6-20(18-22)15-17-41(4,38)39/h5-14,16,18,31H,15,17,19H2,1-4H3,(H,33,36)(H,32,34,35). The van der Waals surface area contributed by atoms with Crippen molar-refractivity contribution in [3.05, 3.63) is 84.1 Å². The number of imidazole rings is 1. The van der Waals surface area contributed by atoms with Crippen molar-refractivity contribution < 1.29 is 13.2 Å². The van der Waals surface area contributed by atoms with Crippen molar-refractivity contribution in [2.75, 3.05) is 42.1 Å². The largest absolute Gasteiger partial charge is 0.497 e. The van der Waals surface area contributed by atoms with E-state index < -0.39 is 9.84 Å². The summed E-state index contributed by atoms with van der Waals surface area (Å²) in [5.74, 6) is 2.08. The van der Waals surface area contributed by atoms with Crippen LogP contribution in [-0.2, 0) is 29.9 Å². The lowest BCUT2D eigenvalue weighted by Gasteiger charge is -2.12. The minimum atomic E-state index is -3.04. The first-order chi connectivity index (χ1) is 19.7. The van der Waals surface area contributed by atoms with E-state index in [1.807, 2.05) is 85.4 Å². The Labute approximate surface area is 239 Å². The van der Waals surface area contributed by atoms with E-state index >= 15 is 0 Å². The third-order valence-electron chi connectivity index (χ3n) is 6.79. The fourth-order valence-electron chi connectivity index (χ4n) is 4.60. The van der Waals surface area contributed by atoms with Gasteiger partial charge in [0.25, 0.3) is 0 Å². The van der Waals surface area contributed by atoms with Gasteiger partial charge >= 0.3 is 0 Å². The fourth-order valence-corrected chi connectivity index (χ4v) is 5.21. The molecule has 0 aliphatic heterocycles. The van der Waals surface area contributed by atoms with Crippen LogP contribution < -0.4 is 20.7 Å². The highest BCUT2D eigenvalue weighted by Crippen LogP contribution is 2.35. The summed E-state index contributed by atoms with van der Waals surface area (Å²) in [5, 5.41) is 9.99. The van der Waals surface area contributed by atoms with Gasteiger partial charge in [-0.25, -0.2) is 23.4 Å². The number of sulfone groups is 1. The summed E-state index contributed by atoms with van der Waals surface area (Å²) in [6.07, 6.45) is 3.40. The van der Waals surface area contributed by atoms with Gasteiger partial charge in [-0.3, -0.25) is 0 Å². The van der Waals surface area contributed by atoms with E-state index in [4.69, 9.17) is 14.7 Å². The monoisotopic (exact) mass is 571 g/mol. The number of benzene rings is 3. The molecule has 0 fully saturated rings. The van der Waals surface area contributed by atoms with Gasteiger partial charge < -0.3 is 25.3 Å². The highest BCUT2D eigenvalue weighted by atomic mass is 32.2. The van der Waals surface area contributed by atoms with E-state index in [2.05, 4.69) is 20.9 Å². The van der Waals surface area contributed by atoms with Crippen LogP contribution in [0.25, 0.3) is 22.3 Å². The van der Waals surface area contributed by atoms with Gasteiger partial charge in [0.15, 0.2) is 0 Å². The molecule has 5 rings (SSSR count). The summed E-state index contributed by atoms with van der Waals surface area (Å²) < 4.78 is 30.5. The maximum atomic E-state index is 11.6. The van der Waals surface area contributed by atoms with Crippen LogP contribution in [0.4, 0.5) is 23.3 Å². The quantitative estimate of drug-likeness (QED) is 0.200. The van der Waals surface area contributed by atoms with E-state index in [1.54, 1.807) is 13.3 Å². The van der Waals surface area contributed by atoms with Gasteiger partial charge in [0.2, 0.25) is 11.9 Å². The first-order valence-electron chi connectivity index (χ1n) is 13.1. The highest BCUT2D eigenvalue weighted by Gasteiger charge is 2.18. The van der Waals surface area contributed by atoms with Gasteiger partial charge in [0, 0.05) is 44.5 Å². The lowest BCUT2D eigenvalue weighted by atomic mass is 10.1. The Morgan fingerprint density at radius 2 is 1.78 bits per heavy atom. The number of anilines is 4. The minimum Gasteiger partial charge on any atom is -0.497 e. The Kier molecular flexibility index (Phi) is 8.06. The number of ether oxygens (including phenoxy) is 1. The van der Waals surface area contributed by atoms with Crippen molar-refractivity contribution in [1.29, 1.82) is 0 Å². The molecule has 2 heterocycles. The Morgan fingerprint density at radius 1 is 0.976 bits per heavy atom. The number of nitrogens with zero attached hydrogens (tertiary/aromatic N) is 4. The van der Waals surface area contributed by atoms with Gasteiger partial charge in [-0.2, -0.15) is 0 Å². The second-order valence-corrected chi connectivity index (χ2v) is 12.0. The third kappa shape index (κ3) is 6.58. The number of nitrogens with one attached hydrogen (secondary N) is 3. The van der Waals surface area contributed by atoms with E-state index in [1.165, 1.54) is 6.26 Å². The number of rotatable bonds is 11. The average Bonchev–Trinajstić information content (AvgIpc) is 3.29. The summed E-state index contributed by atoms with van der Waals surface area (Å²) in [7, 11) is 2.47. The molecule has 0 aliphatic rings. The van der Waals surface area contributed by atoms with Gasteiger partial charge in [-0.1, -0.05) is 24.3 Å². The number of aryl methyl sites for hydroxylation is 2. The Hall–Kier alpha value is -4.64. The number of methoxy groups -OCH3 is 1. The molecule has 0 saturated carbocycles. The van der Waals surface area contributed by atoms with E-state index in [-0.39, 0.29) is 5.75 Å². The first kappa shape index (κ1) is 27.9.